The molecule has 1 aliphatic rings. The Morgan fingerprint density at radius 3 is 2.86 bits per heavy atom. The number of rotatable bonds is 1. The Hall–Kier alpha value is 0.270. The van der Waals surface area contributed by atoms with Gasteiger partial charge in [-0.3, -0.25) is 0 Å². The average Bonchev–Trinajstić information content (AvgIpc) is 2.14. The van der Waals surface area contributed by atoms with Crippen molar-refractivity contribution in [2.45, 2.75) is 6.42 Å². The van der Waals surface area contributed by atoms with Crippen molar-refractivity contribution in [2.24, 2.45) is 0 Å². The van der Waals surface area contributed by atoms with Gasteiger partial charge in [0.15, 0.2) is 11.2 Å². The van der Waals surface area contributed by atoms with Crippen LogP contribution in [-0.4, -0.2) is 23.4 Å². The SMILES string of the molecule is OC[S+]1CCCO1. The first-order valence-corrected chi connectivity index (χ1v) is 3.84. The predicted octanol–water partition coefficient (Wildman–Crippen LogP) is -0.110. The summed E-state index contributed by atoms with van der Waals surface area (Å²) >= 11 is -0.0787. The molecule has 0 aromatic heterocycles. The van der Waals surface area contributed by atoms with Gasteiger partial charge < -0.3 is 5.11 Å². The second kappa shape index (κ2) is 2.55. The first-order valence-electron chi connectivity index (χ1n) is 2.35. The molecule has 7 heavy (non-hydrogen) atoms. The Morgan fingerprint density at radius 2 is 2.57 bits per heavy atom. The van der Waals surface area contributed by atoms with Gasteiger partial charge in [0, 0.05) is 6.42 Å². The fourth-order valence-corrected chi connectivity index (χ4v) is 1.67. The van der Waals surface area contributed by atoms with Crippen molar-refractivity contribution in [3.05, 3.63) is 0 Å². The van der Waals surface area contributed by atoms with Gasteiger partial charge >= 0.3 is 0 Å². The van der Waals surface area contributed by atoms with Gasteiger partial charge in [-0.05, 0) is 0 Å². The molecule has 1 heterocycles. The summed E-state index contributed by atoms with van der Waals surface area (Å²) in [6.45, 7) is 0.851. The quantitative estimate of drug-likeness (QED) is 0.490. The lowest BCUT2D eigenvalue weighted by molar-refractivity contribution is 0.338. The van der Waals surface area contributed by atoms with Crippen LogP contribution in [0, 0.1) is 0 Å². The molecule has 1 atom stereocenters. The number of hydrogen-bond donors (Lipinski definition) is 1. The largest absolute Gasteiger partial charge is 0.350 e. The van der Waals surface area contributed by atoms with Crippen LogP contribution in [-0.2, 0) is 15.4 Å². The maximum absolute atomic E-state index is 8.45. The molecule has 1 aliphatic heterocycles. The van der Waals surface area contributed by atoms with E-state index >= 15 is 0 Å². The molecular formula is C4H9O2S+. The van der Waals surface area contributed by atoms with Gasteiger partial charge in [0.1, 0.15) is 12.4 Å². The minimum absolute atomic E-state index is 0.0787. The molecule has 0 aromatic rings. The Morgan fingerprint density at radius 1 is 1.71 bits per heavy atom. The smallest absolute Gasteiger partial charge is 0.238 e. The van der Waals surface area contributed by atoms with E-state index in [-0.39, 0.29) is 17.1 Å². The van der Waals surface area contributed by atoms with Crippen LogP contribution in [0.3, 0.4) is 0 Å². The second-order valence-corrected chi connectivity index (χ2v) is 3.23. The fourth-order valence-electron chi connectivity index (χ4n) is 0.557. The van der Waals surface area contributed by atoms with Crippen molar-refractivity contribution >= 4 is 11.2 Å². The summed E-state index contributed by atoms with van der Waals surface area (Å²) in [5.41, 5.74) is 0. The molecule has 0 amide bonds. The molecule has 0 saturated carbocycles. The molecule has 3 heteroatoms. The van der Waals surface area contributed by atoms with Gasteiger partial charge in [-0.1, -0.05) is 0 Å². The minimum atomic E-state index is -0.0787. The highest BCUT2D eigenvalue weighted by atomic mass is 32.2. The van der Waals surface area contributed by atoms with E-state index in [1.807, 2.05) is 0 Å². The van der Waals surface area contributed by atoms with Crippen LogP contribution in [0.5, 0.6) is 0 Å². The molecule has 2 nitrogen and oxygen atoms in total. The standard InChI is InChI=1S/C4H9O2S/c5-4-7-3-1-2-6-7/h5H,1-4H2/q+1. The molecule has 1 unspecified atom stereocenters. The van der Waals surface area contributed by atoms with Crippen molar-refractivity contribution in [3.8, 4) is 0 Å². The summed E-state index contributed by atoms with van der Waals surface area (Å²) in [7, 11) is 0. The van der Waals surface area contributed by atoms with E-state index in [0.29, 0.717) is 0 Å². The molecule has 1 fully saturated rings. The Kier molecular flexibility index (Phi) is 1.97. The molecule has 0 aliphatic carbocycles. The van der Waals surface area contributed by atoms with E-state index in [2.05, 4.69) is 0 Å². The van der Waals surface area contributed by atoms with E-state index in [1.165, 1.54) is 0 Å². The Balaban J connectivity index is 2.14. The van der Waals surface area contributed by atoms with E-state index in [9.17, 15) is 0 Å². The predicted molar refractivity (Wildman–Crippen MR) is 29.9 cm³/mol. The van der Waals surface area contributed by atoms with E-state index in [4.69, 9.17) is 9.29 Å². The first-order chi connectivity index (χ1) is 3.43. The fraction of sp³-hybridized carbons (Fsp3) is 1.00. The lowest BCUT2D eigenvalue weighted by Gasteiger charge is -1.86. The normalized spacial score (nSPS) is 31.3. The highest BCUT2D eigenvalue weighted by Crippen LogP contribution is 2.08. The average molecular weight is 121 g/mol. The van der Waals surface area contributed by atoms with Crippen molar-refractivity contribution in [3.63, 3.8) is 0 Å². The highest BCUT2D eigenvalue weighted by molar-refractivity contribution is 7.92. The Bertz CT molecular complexity index is 51.7. The van der Waals surface area contributed by atoms with Crippen LogP contribution in [0.4, 0.5) is 0 Å². The second-order valence-electron chi connectivity index (χ2n) is 1.45. The van der Waals surface area contributed by atoms with E-state index < -0.39 is 0 Å². The molecule has 42 valence electrons. The monoisotopic (exact) mass is 121 g/mol. The molecule has 1 saturated heterocycles. The van der Waals surface area contributed by atoms with Gasteiger partial charge in [0.25, 0.3) is 0 Å². The lowest BCUT2D eigenvalue weighted by Crippen LogP contribution is -2.05. The van der Waals surface area contributed by atoms with E-state index in [0.717, 1.165) is 18.8 Å². The Labute approximate surface area is 46.0 Å². The first kappa shape index (κ1) is 5.41. The lowest BCUT2D eigenvalue weighted by atomic mass is 10.5. The summed E-state index contributed by atoms with van der Waals surface area (Å²) in [5, 5.41) is 8.45. The molecule has 0 bridgehead atoms. The van der Waals surface area contributed by atoms with Gasteiger partial charge in [-0.2, -0.15) is 4.18 Å². The van der Waals surface area contributed by atoms with Crippen LogP contribution >= 0.6 is 0 Å². The zero-order chi connectivity index (χ0) is 5.11. The van der Waals surface area contributed by atoms with Crippen LogP contribution in [0.1, 0.15) is 6.42 Å². The van der Waals surface area contributed by atoms with E-state index in [1.54, 1.807) is 0 Å². The number of aliphatic hydroxyl groups excluding tert-OH is 1. The summed E-state index contributed by atoms with van der Waals surface area (Å²) < 4.78 is 5.08. The number of aliphatic hydroxyl groups is 1. The zero-order valence-electron chi connectivity index (χ0n) is 4.09. The minimum Gasteiger partial charge on any atom is -0.350 e. The van der Waals surface area contributed by atoms with Crippen molar-refractivity contribution in [2.75, 3.05) is 18.3 Å². The number of hydrogen-bond acceptors (Lipinski definition) is 2. The molecule has 1 rings (SSSR count). The third-order valence-electron chi connectivity index (χ3n) is 0.910. The van der Waals surface area contributed by atoms with Crippen molar-refractivity contribution < 1.29 is 9.29 Å². The zero-order valence-corrected chi connectivity index (χ0v) is 4.91. The maximum atomic E-state index is 8.45. The van der Waals surface area contributed by atoms with Gasteiger partial charge in [0.05, 0.1) is 0 Å². The molecule has 1 N–H and O–H groups in total. The third kappa shape index (κ3) is 1.33. The molecule has 0 aromatic carbocycles. The third-order valence-corrected chi connectivity index (χ3v) is 2.44. The summed E-state index contributed by atoms with van der Waals surface area (Å²) in [6, 6.07) is 0. The molecule has 0 radical (unpaired) electrons. The molecule has 0 spiro atoms. The van der Waals surface area contributed by atoms with Crippen LogP contribution < -0.4 is 0 Å². The topological polar surface area (TPSA) is 29.5 Å². The summed E-state index contributed by atoms with van der Waals surface area (Å²) in [4.78, 5) is 0. The van der Waals surface area contributed by atoms with Crippen molar-refractivity contribution in [1.29, 1.82) is 0 Å². The summed E-state index contributed by atoms with van der Waals surface area (Å²) in [5.74, 6) is 1.29. The van der Waals surface area contributed by atoms with Gasteiger partial charge in [-0.25, -0.2) is 0 Å². The van der Waals surface area contributed by atoms with Crippen molar-refractivity contribution in [1.82, 2.24) is 0 Å². The molecular weight excluding hydrogens is 112 g/mol. The van der Waals surface area contributed by atoms with Gasteiger partial charge in [-0.15, -0.1) is 0 Å². The van der Waals surface area contributed by atoms with Crippen LogP contribution in [0.25, 0.3) is 0 Å². The van der Waals surface area contributed by atoms with Crippen LogP contribution in [0.15, 0.2) is 0 Å². The van der Waals surface area contributed by atoms with Crippen LogP contribution in [0.2, 0.25) is 0 Å². The van der Waals surface area contributed by atoms with Gasteiger partial charge in [0.2, 0.25) is 5.94 Å². The maximum Gasteiger partial charge on any atom is 0.238 e. The summed E-state index contributed by atoms with van der Waals surface area (Å²) in [6.07, 6.45) is 1.13. The highest BCUT2D eigenvalue weighted by Gasteiger charge is 2.24.